The highest BCUT2D eigenvalue weighted by atomic mass is 19.1. The summed E-state index contributed by atoms with van der Waals surface area (Å²) in [6, 6.07) is 1.29. The second kappa shape index (κ2) is 2.02. The number of oxazole rings is 1. The van der Waals surface area contributed by atoms with Crippen molar-refractivity contribution in [3.05, 3.63) is 24.0 Å². The molecule has 0 atom stereocenters. The molecule has 0 fully saturated rings. The van der Waals surface area contributed by atoms with Gasteiger partial charge < -0.3 is 4.42 Å². The highest BCUT2D eigenvalue weighted by Crippen LogP contribution is 2.12. The monoisotopic (exact) mass is 152 g/mol. The lowest BCUT2D eigenvalue weighted by Gasteiger charge is -1.83. The summed E-state index contributed by atoms with van der Waals surface area (Å²) in [5.74, 6) is 0.101. The van der Waals surface area contributed by atoms with E-state index in [9.17, 15) is 4.39 Å². The van der Waals surface area contributed by atoms with Crippen LogP contribution in [-0.4, -0.2) is 9.97 Å². The van der Waals surface area contributed by atoms with Crippen LogP contribution in [0.25, 0.3) is 11.2 Å². The van der Waals surface area contributed by atoms with Crippen LogP contribution in [0.4, 0.5) is 4.39 Å². The predicted molar refractivity (Wildman–Crippen MR) is 36.5 cm³/mol. The molecule has 0 bridgehead atoms. The maximum atomic E-state index is 12.5. The third-order valence-electron chi connectivity index (χ3n) is 1.32. The quantitative estimate of drug-likeness (QED) is 0.576. The van der Waals surface area contributed by atoms with Gasteiger partial charge in [-0.05, 0) is 0 Å². The summed E-state index contributed by atoms with van der Waals surface area (Å²) >= 11 is 0. The van der Waals surface area contributed by atoms with Crippen LogP contribution in [0.15, 0.2) is 16.7 Å². The van der Waals surface area contributed by atoms with Crippen LogP contribution in [0.1, 0.15) is 5.89 Å². The Morgan fingerprint density at radius 3 is 3.18 bits per heavy atom. The summed E-state index contributed by atoms with van der Waals surface area (Å²) in [4.78, 5) is 7.60. The van der Waals surface area contributed by atoms with Crippen molar-refractivity contribution in [3.63, 3.8) is 0 Å². The van der Waals surface area contributed by atoms with Crippen LogP contribution in [0, 0.1) is 12.7 Å². The summed E-state index contributed by atoms with van der Waals surface area (Å²) < 4.78 is 17.5. The Labute approximate surface area is 61.9 Å². The molecule has 0 N–H and O–H groups in total. The average Bonchev–Trinajstić information content (AvgIpc) is 2.27. The van der Waals surface area contributed by atoms with Crippen molar-refractivity contribution in [1.82, 2.24) is 9.97 Å². The lowest BCUT2D eigenvalue weighted by Crippen LogP contribution is -1.77. The van der Waals surface area contributed by atoms with Gasteiger partial charge in [0.15, 0.2) is 5.89 Å². The Bertz CT molecular complexity index is 396. The van der Waals surface area contributed by atoms with Crippen molar-refractivity contribution in [2.75, 3.05) is 0 Å². The Kier molecular flexibility index (Phi) is 1.15. The smallest absolute Gasteiger partial charge is 0.247 e. The number of hydrogen-bond donors (Lipinski definition) is 0. The molecule has 2 aromatic rings. The summed E-state index contributed by atoms with van der Waals surface area (Å²) in [6.07, 6.45) is 1.10. The number of aromatic nitrogens is 2. The molecule has 0 radical (unpaired) electrons. The molecule has 0 aliphatic carbocycles. The Balaban J connectivity index is 2.82. The van der Waals surface area contributed by atoms with Gasteiger partial charge in [0, 0.05) is 13.0 Å². The van der Waals surface area contributed by atoms with Gasteiger partial charge in [0.2, 0.25) is 5.71 Å². The molecule has 0 aliphatic rings. The molecule has 2 aromatic heterocycles. The summed E-state index contributed by atoms with van der Waals surface area (Å²) in [5, 5.41) is 0. The van der Waals surface area contributed by atoms with Crippen molar-refractivity contribution in [2.45, 2.75) is 6.92 Å². The fraction of sp³-hybridized carbons (Fsp3) is 0.143. The predicted octanol–water partition coefficient (Wildman–Crippen LogP) is 1.67. The summed E-state index contributed by atoms with van der Waals surface area (Å²) in [5.41, 5.74) is 0.839. The number of aryl methyl sites for hydroxylation is 1. The molecule has 0 spiro atoms. The van der Waals surface area contributed by atoms with Crippen LogP contribution < -0.4 is 0 Å². The number of halogens is 1. The van der Waals surface area contributed by atoms with Crippen molar-refractivity contribution in [2.24, 2.45) is 0 Å². The van der Waals surface area contributed by atoms with Crippen molar-refractivity contribution < 1.29 is 8.81 Å². The number of pyridine rings is 1. The van der Waals surface area contributed by atoms with E-state index in [0.29, 0.717) is 17.1 Å². The van der Waals surface area contributed by atoms with Crippen LogP contribution >= 0.6 is 0 Å². The molecule has 0 unspecified atom stereocenters. The lowest BCUT2D eigenvalue weighted by atomic mass is 10.4. The zero-order chi connectivity index (χ0) is 7.84. The van der Waals surface area contributed by atoms with Gasteiger partial charge in [-0.15, -0.1) is 0 Å². The standard InChI is InChI=1S/C7H5FN2O/c1-4-10-6-2-5(8)3-9-7(6)11-4/h2-3H,1H3. The average molecular weight is 152 g/mol. The highest BCUT2D eigenvalue weighted by Gasteiger charge is 2.02. The van der Waals surface area contributed by atoms with Crippen molar-refractivity contribution >= 4 is 11.2 Å². The van der Waals surface area contributed by atoms with Gasteiger partial charge in [-0.25, -0.2) is 14.4 Å². The topological polar surface area (TPSA) is 38.9 Å². The number of nitrogens with zero attached hydrogens (tertiary/aromatic N) is 2. The minimum atomic E-state index is -0.397. The molecule has 2 heterocycles. The van der Waals surface area contributed by atoms with E-state index in [4.69, 9.17) is 4.42 Å². The zero-order valence-corrected chi connectivity index (χ0v) is 5.84. The molecule has 0 aliphatic heterocycles. The summed E-state index contributed by atoms with van der Waals surface area (Å²) in [6.45, 7) is 1.69. The van der Waals surface area contributed by atoms with Crippen LogP contribution in [0.2, 0.25) is 0 Å². The van der Waals surface area contributed by atoms with Gasteiger partial charge in [0.05, 0.1) is 6.20 Å². The summed E-state index contributed by atoms with van der Waals surface area (Å²) in [7, 11) is 0. The van der Waals surface area contributed by atoms with E-state index in [1.54, 1.807) is 6.92 Å². The number of fused-ring (bicyclic) bond motifs is 1. The third kappa shape index (κ3) is 0.960. The Hall–Kier alpha value is -1.45. The van der Waals surface area contributed by atoms with Crippen molar-refractivity contribution in [3.8, 4) is 0 Å². The highest BCUT2D eigenvalue weighted by molar-refractivity contribution is 5.67. The third-order valence-corrected chi connectivity index (χ3v) is 1.32. The second-order valence-electron chi connectivity index (χ2n) is 2.21. The molecule has 3 nitrogen and oxygen atoms in total. The largest absolute Gasteiger partial charge is 0.423 e. The van der Waals surface area contributed by atoms with E-state index < -0.39 is 5.82 Å². The first-order chi connectivity index (χ1) is 5.25. The maximum absolute atomic E-state index is 12.5. The van der Waals surface area contributed by atoms with E-state index in [1.807, 2.05) is 0 Å². The SMILES string of the molecule is Cc1nc2cc(F)cnc2o1. The minimum absolute atomic E-state index is 0.379. The first-order valence-electron chi connectivity index (χ1n) is 3.14. The molecule has 56 valence electrons. The van der Waals surface area contributed by atoms with E-state index in [1.165, 1.54) is 6.07 Å². The molecular weight excluding hydrogens is 147 g/mol. The fourth-order valence-electron chi connectivity index (χ4n) is 0.907. The van der Waals surface area contributed by atoms with Gasteiger partial charge in [-0.1, -0.05) is 0 Å². The molecule has 0 saturated heterocycles. The van der Waals surface area contributed by atoms with Crippen LogP contribution in [-0.2, 0) is 0 Å². The number of rotatable bonds is 0. The van der Waals surface area contributed by atoms with E-state index in [0.717, 1.165) is 6.20 Å². The second-order valence-corrected chi connectivity index (χ2v) is 2.21. The van der Waals surface area contributed by atoms with Crippen LogP contribution in [0.3, 0.4) is 0 Å². The van der Waals surface area contributed by atoms with Gasteiger partial charge in [0.25, 0.3) is 0 Å². The van der Waals surface area contributed by atoms with E-state index in [-0.39, 0.29) is 0 Å². The molecule has 0 amide bonds. The molecular formula is C7H5FN2O. The molecule has 0 aromatic carbocycles. The first kappa shape index (κ1) is 6.27. The zero-order valence-electron chi connectivity index (χ0n) is 5.84. The Morgan fingerprint density at radius 1 is 1.55 bits per heavy atom. The first-order valence-corrected chi connectivity index (χ1v) is 3.14. The van der Waals surface area contributed by atoms with Crippen LogP contribution in [0.5, 0.6) is 0 Å². The minimum Gasteiger partial charge on any atom is -0.423 e. The number of hydrogen-bond acceptors (Lipinski definition) is 3. The van der Waals surface area contributed by atoms with Gasteiger partial charge >= 0.3 is 0 Å². The molecule has 4 heteroatoms. The molecule has 0 saturated carbocycles. The van der Waals surface area contributed by atoms with E-state index >= 15 is 0 Å². The van der Waals surface area contributed by atoms with Gasteiger partial charge in [-0.2, -0.15) is 0 Å². The van der Waals surface area contributed by atoms with Crippen molar-refractivity contribution in [1.29, 1.82) is 0 Å². The Morgan fingerprint density at radius 2 is 2.36 bits per heavy atom. The molecule has 11 heavy (non-hydrogen) atoms. The lowest BCUT2D eigenvalue weighted by molar-refractivity contribution is 0.549. The fourth-order valence-corrected chi connectivity index (χ4v) is 0.907. The van der Waals surface area contributed by atoms with Gasteiger partial charge in [0.1, 0.15) is 11.3 Å². The van der Waals surface area contributed by atoms with Gasteiger partial charge in [-0.3, -0.25) is 0 Å². The normalized spacial score (nSPS) is 10.7. The van der Waals surface area contributed by atoms with E-state index in [2.05, 4.69) is 9.97 Å². The maximum Gasteiger partial charge on any atom is 0.247 e. The molecule has 2 rings (SSSR count).